The zero-order chi connectivity index (χ0) is 22.2. The number of carbonyl (C=O) groups excluding carboxylic acids is 1. The Bertz CT molecular complexity index is 957. The molecule has 1 amide bonds. The van der Waals surface area contributed by atoms with Crippen molar-refractivity contribution in [2.75, 3.05) is 5.32 Å². The van der Waals surface area contributed by atoms with Crippen molar-refractivity contribution in [3.63, 3.8) is 0 Å². The van der Waals surface area contributed by atoms with E-state index in [1.54, 1.807) is 12.1 Å². The van der Waals surface area contributed by atoms with Crippen LogP contribution in [0.25, 0.3) is 11.1 Å². The van der Waals surface area contributed by atoms with Crippen LogP contribution in [0.2, 0.25) is 0 Å². The summed E-state index contributed by atoms with van der Waals surface area (Å²) in [5, 5.41) is 5.78. The fourth-order valence-corrected chi connectivity index (χ4v) is 4.79. The largest absolute Gasteiger partial charge is 0.471 e. The van der Waals surface area contributed by atoms with Crippen molar-refractivity contribution in [1.29, 1.82) is 0 Å². The second-order valence-corrected chi connectivity index (χ2v) is 9.73. The number of hydrogen-bond donors (Lipinski definition) is 2. The molecule has 3 nitrogen and oxygen atoms in total. The fourth-order valence-electron chi connectivity index (χ4n) is 4.79. The van der Waals surface area contributed by atoms with Gasteiger partial charge in [0.15, 0.2) is 0 Å². The lowest BCUT2D eigenvalue weighted by atomic mass is 9.75. The Kier molecular flexibility index (Phi) is 5.86. The summed E-state index contributed by atoms with van der Waals surface area (Å²) in [4.78, 5) is 11.2. The molecule has 1 atom stereocenters. The van der Waals surface area contributed by atoms with E-state index in [9.17, 15) is 18.0 Å². The van der Waals surface area contributed by atoms with Gasteiger partial charge in [-0.1, -0.05) is 44.2 Å². The van der Waals surface area contributed by atoms with Crippen molar-refractivity contribution < 1.29 is 18.0 Å². The van der Waals surface area contributed by atoms with Crippen molar-refractivity contribution in [2.45, 2.75) is 70.6 Å². The smallest absolute Gasteiger partial charge is 0.318 e. The third-order valence-electron chi connectivity index (χ3n) is 6.66. The molecule has 0 spiro atoms. The minimum absolute atomic E-state index is 0.139. The molecule has 0 aromatic heterocycles. The highest BCUT2D eigenvalue weighted by Gasteiger charge is 2.38. The highest BCUT2D eigenvalue weighted by Crippen LogP contribution is 2.36. The quantitative estimate of drug-likeness (QED) is 0.636. The van der Waals surface area contributed by atoms with Gasteiger partial charge in [0.1, 0.15) is 0 Å². The van der Waals surface area contributed by atoms with Gasteiger partial charge in [-0.2, -0.15) is 13.2 Å². The Hall–Kier alpha value is -2.34. The molecular weight excluding hydrogens is 401 g/mol. The molecule has 0 bridgehead atoms. The van der Waals surface area contributed by atoms with E-state index in [1.165, 1.54) is 42.9 Å². The number of amides is 1. The predicted octanol–water partition coefficient (Wildman–Crippen LogP) is 5.88. The van der Waals surface area contributed by atoms with E-state index >= 15 is 0 Å². The standard InChI is InChI=1S/C25H29F3N2O/c1-24(2)10-8-20(9-11-24)29-22-14-18-7-6-17(12-19(18)15-22)16-4-3-5-21(13-16)30-23(31)25(26,27)28/h3-7,12-13,20,22,29H,8-11,14-15H2,1-2H3,(H,30,31). The summed E-state index contributed by atoms with van der Waals surface area (Å²) in [7, 11) is 0. The lowest BCUT2D eigenvalue weighted by Crippen LogP contribution is -2.42. The highest BCUT2D eigenvalue weighted by atomic mass is 19.4. The van der Waals surface area contributed by atoms with Crippen LogP contribution in [0.4, 0.5) is 18.9 Å². The van der Waals surface area contributed by atoms with Gasteiger partial charge in [0.05, 0.1) is 0 Å². The van der Waals surface area contributed by atoms with Crippen LogP contribution in [-0.4, -0.2) is 24.2 Å². The topological polar surface area (TPSA) is 41.1 Å². The fraction of sp³-hybridized carbons (Fsp3) is 0.480. The summed E-state index contributed by atoms with van der Waals surface area (Å²) in [5.74, 6) is -1.96. The Balaban J connectivity index is 1.42. The number of nitrogens with one attached hydrogen (secondary N) is 2. The first kappa shape index (κ1) is 21.9. The molecule has 166 valence electrons. The highest BCUT2D eigenvalue weighted by molar-refractivity contribution is 5.95. The van der Waals surface area contributed by atoms with Crippen LogP contribution in [0.3, 0.4) is 0 Å². The first-order valence-corrected chi connectivity index (χ1v) is 11.0. The van der Waals surface area contributed by atoms with Crippen LogP contribution in [-0.2, 0) is 17.6 Å². The van der Waals surface area contributed by atoms with Gasteiger partial charge in [0.2, 0.25) is 0 Å². The Morgan fingerprint density at radius 2 is 1.61 bits per heavy atom. The first-order chi connectivity index (χ1) is 14.6. The van der Waals surface area contributed by atoms with Gasteiger partial charge in [-0.3, -0.25) is 4.79 Å². The summed E-state index contributed by atoms with van der Waals surface area (Å²) in [6.45, 7) is 4.69. The molecule has 2 N–H and O–H groups in total. The molecule has 0 aliphatic heterocycles. The number of halogens is 3. The SMILES string of the molecule is CC1(C)CCC(NC2Cc3ccc(-c4cccc(NC(=O)C(F)(F)F)c4)cc3C2)CC1. The van der Waals surface area contributed by atoms with E-state index < -0.39 is 12.1 Å². The number of alkyl halides is 3. The molecule has 1 unspecified atom stereocenters. The number of anilines is 1. The molecule has 4 rings (SSSR count). The lowest BCUT2D eigenvalue weighted by molar-refractivity contribution is -0.167. The monoisotopic (exact) mass is 430 g/mol. The normalized spacial score (nSPS) is 21.0. The molecule has 0 saturated heterocycles. The van der Waals surface area contributed by atoms with Crippen molar-refractivity contribution in [3.05, 3.63) is 53.6 Å². The molecule has 2 aromatic rings. The molecule has 1 saturated carbocycles. The van der Waals surface area contributed by atoms with Gasteiger partial charge in [-0.25, -0.2) is 0 Å². The van der Waals surface area contributed by atoms with Crippen LogP contribution >= 0.6 is 0 Å². The molecule has 0 heterocycles. The minimum atomic E-state index is -4.90. The van der Waals surface area contributed by atoms with E-state index in [2.05, 4.69) is 31.3 Å². The van der Waals surface area contributed by atoms with Crippen molar-refractivity contribution in [1.82, 2.24) is 5.32 Å². The van der Waals surface area contributed by atoms with Gasteiger partial charge >= 0.3 is 12.1 Å². The summed E-state index contributed by atoms with van der Waals surface area (Å²) in [5.41, 5.74) is 4.95. The number of rotatable bonds is 4. The summed E-state index contributed by atoms with van der Waals surface area (Å²) < 4.78 is 37.6. The third-order valence-corrected chi connectivity index (χ3v) is 6.66. The van der Waals surface area contributed by atoms with E-state index in [0.717, 1.165) is 24.0 Å². The zero-order valence-electron chi connectivity index (χ0n) is 18.0. The van der Waals surface area contributed by atoms with Gasteiger partial charge in [-0.05, 0) is 78.3 Å². The van der Waals surface area contributed by atoms with Gasteiger partial charge < -0.3 is 10.6 Å². The lowest BCUT2D eigenvalue weighted by Gasteiger charge is -2.36. The van der Waals surface area contributed by atoms with Crippen LogP contribution in [0.1, 0.15) is 50.7 Å². The number of benzene rings is 2. The maximum Gasteiger partial charge on any atom is 0.471 e. The number of carbonyl (C=O) groups is 1. The maximum absolute atomic E-state index is 12.5. The third kappa shape index (κ3) is 5.29. The van der Waals surface area contributed by atoms with Crippen LogP contribution in [0.5, 0.6) is 0 Å². The summed E-state index contributed by atoms with van der Waals surface area (Å²) in [6, 6.07) is 13.8. The van der Waals surface area contributed by atoms with E-state index in [1.807, 2.05) is 17.4 Å². The first-order valence-electron chi connectivity index (χ1n) is 11.0. The Labute approximate surface area is 181 Å². The van der Waals surface area contributed by atoms with E-state index in [4.69, 9.17) is 0 Å². The van der Waals surface area contributed by atoms with E-state index in [0.29, 0.717) is 17.5 Å². The van der Waals surface area contributed by atoms with Crippen LogP contribution in [0, 0.1) is 5.41 Å². The molecule has 2 aliphatic rings. The van der Waals surface area contributed by atoms with Crippen LogP contribution < -0.4 is 10.6 Å². The van der Waals surface area contributed by atoms with Gasteiger partial charge in [0.25, 0.3) is 0 Å². The second-order valence-electron chi connectivity index (χ2n) is 9.73. The summed E-state index contributed by atoms with van der Waals surface area (Å²) in [6.07, 6.45) is 2.04. The number of hydrogen-bond acceptors (Lipinski definition) is 2. The van der Waals surface area contributed by atoms with Gasteiger partial charge in [0, 0.05) is 17.8 Å². The van der Waals surface area contributed by atoms with Crippen molar-refractivity contribution in [2.24, 2.45) is 5.41 Å². The molecule has 1 fully saturated rings. The molecule has 6 heteroatoms. The van der Waals surface area contributed by atoms with Crippen molar-refractivity contribution >= 4 is 11.6 Å². The second kappa shape index (κ2) is 8.30. The zero-order valence-corrected chi connectivity index (χ0v) is 18.0. The average Bonchev–Trinajstić information content (AvgIpc) is 3.10. The molecule has 2 aliphatic carbocycles. The maximum atomic E-state index is 12.5. The Morgan fingerprint density at radius 3 is 2.32 bits per heavy atom. The van der Waals surface area contributed by atoms with Crippen LogP contribution in [0.15, 0.2) is 42.5 Å². The Morgan fingerprint density at radius 1 is 0.935 bits per heavy atom. The average molecular weight is 431 g/mol. The molecule has 2 aromatic carbocycles. The molecular formula is C25H29F3N2O. The van der Waals surface area contributed by atoms with Gasteiger partial charge in [-0.15, -0.1) is 0 Å². The van der Waals surface area contributed by atoms with E-state index in [-0.39, 0.29) is 5.69 Å². The molecule has 0 radical (unpaired) electrons. The minimum Gasteiger partial charge on any atom is -0.318 e. The predicted molar refractivity (Wildman–Crippen MR) is 117 cm³/mol. The van der Waals surface area contributed by atoms with Crippen molar-refractivity contribution in [3.8, 4) is 11.1 Å². The number of fused-ring (bicyclic) bond motifs is 1. The molecule has 31 heavy (non-hydrogen) atoms. The summed E-state index contributed by atoms with van der Waals surface area (Å²) >= 11 is 0.